The Hall–Kier alpha value is -2.97. The van der Waals surface area contributed by atoms with Crippen molar-refractivity contribution in [1.29, 1.82) is 0 Å². The topological polar surface area (TPSA) is 57.9 Å². The number of amides is 1. The second-order valence-electron chi connectivity index (χ2n) is 8.66. The van der Waals surface area contributed by atoms with Gasteiger partial charge >= 0.3 is 0 Å². The highest BCUT2D eigenvalue weighted by molar-refractivity contribution is 8.26. The Labute approximate surface area is 208 Å². The minimum absolute atomic E-state index is 0.149. The summed E-state index contributed by atoms with van der Waals surface area (Å²) < 4.78 is 2.10. The summed E-state index contributed by atoms with van der Waals surface area (Å²) >= 11 is 6.79. The van der Waals surface area contributed by atoms with Gasteiger partial charge in [0.2, 0.25) is 0 Å². The SMILES string of the molecule is Cc1cccn2c(=O)c(C=C3SC(=S)N(CCc4ccccc4)C3=O)c(N3CCCCC3)nc12. The van der Waals surface area contributed by atoms with Crippen molar-refractivity contribution in [2.24, 2.45) is 0 Å². The van der Waals surface area contributed by atoms with Crippen molar-refractivity contribution in [1.82, 2.24) is 14.3 Å². The lowest BCUT2D eigenvalue weighted by Crippen LogP contribution is -2.34. The number of pyridine rings is 1. The molecular weight excluding hydrogens is 464 g/mol. The molecule has 3 aromatic rings. The molecule has 0 aliphatic carbocycles. The Morgan fingerprint density at radius 3 is 2.59 bits per heavy atom. The first-order valence-corrected chi connectivity index (χ1v) is 12.8. The zero-order valence-electron chi connectivity index (χ0n) is 19.1. The van der Waals surface area contributed by atoms with Crippen LogP contribution in [0.4, 0.5) is 5.82 Å². The van der Waals surface area contributed by atoms with E-state index in [0.717, 1.165) is 43.5 Å². The van der Waals surface area contributed by atoms with Crippen LogP contribution in [0.5, 0.6) is 0 Å². The van der Waals surface area contributed by atoms with Crippen LogP contribution < -0.4 is 10.5 Å². The number of aromatic nitrogens is 2. The molecule has 1 amide bonds. The number of anilines is 1. The average molecular weight is 491 g/mol. The molecule has 1 aromatic carbocycles. The van der Waals surface area contributed by atoms with Crippen molar-refractivity contribution < 1.29 is 4.79 Å². The van der Waals surface area contributed by atoms with E-state index in [2.05, 4.69) is 4.90 Å². The van der Waals surface area contributed by atoms with Gasteiger partial charge < -0.3 is 4.90 Å². The van der Waals surface area contributed by atoms with Gasteiger partial charge in [-0.25, -0.2) is 4.98 Å². The molecule has 0 bridgehead atoms. The van der Waals surface area contributed by atoms with Gasteiger partial charge in [-0.15, -0.1) is 0 Å². The van der Waals surface area contributed by atoms with Gasteiger partial charge in [-0.2, -0.15) is 0 Å². The molecule has 0 radical (unpaired) electrons. The van der Waals surface area contributed by atoms with Gasteiger partial charge in [-0.1, -0.05) is 60.4 Å². The van der Waals surface area contributed by atoms with Gasteiger partial charge in [0.1, 0.15) is 15.8 Å². The number of fused-ring (bicyclic) bond motifs is 1. The fourth-order valence-electron chi connectivity index (χ4n) is 4.48. The van der Waals surface area contributed by atoms with Crippen LogP contribution >= 0.6 is 24.0 Å². The smallest absolute Gasteiger partial charge is 0.267 e. The van der Waals surface area contributed by atoms with Gasteiger partial charge in [-0.3, -0.25) is 18.9 Å². The Morgan fingerprint density at radius 2 is 1.82 bits per heavy atom. The zero-order valence-corrected chi connectivity index (χ0v) is 20.7. The number of thiocarbonyl (C=S) groups is 1. The van der Waals surface area contributed by atoms with E-state index >= 15 is 0 Å². The maximum atomic E-state index is 13.6. The molecule has 2 fully saturated rings. The van der Waals surface area contributed by atoms with Crippen LogP contribution in [0.25, 0.3) is 11.7 Å². The Morgan fingerprint density at radius 1 is 1.06 bits per heavy atom. The van der Waals surface area contributed by atoms with Crippen molar-refractivity contribution in [3.8, 4) is 0 Å². The maximum absolute atomic E-state index is 13.6. The number of aryl methyl sites for hydroxylation is 1. The van der Waals surface area contributed by atoms with Gasteiger partial charge in [0.15, 0.2) is 0 Å². The lowest BCUT2D eigenvalue weighted by molar-refractivity contribution is -0.122. The summed E-state index contributed by atoms with van der Waals surface area (Å²) in [5.74, 6) is 0.512. The van der Waals surface area contributed by atoms with E-state index in [1.165, 1.54) is 18.2 Å². The summed E-state index contributed by atoms with van der Waals surface area (Å²) in [6.07, 6.45) is 7.47. The minimum atomic E-state index is -0.163. The molecule has 2 aliphatic heterocycles. The van der Waals surface area contributed by atoms with Crippen LogP contribution in [0.15, 0.2) is 58.4 Å². The first kappa shape index (κ1) is 22.8. The fourth-order valence-corrected chi connectivity index (χ4v) is 5.77. The Balaban J connectivity index is 1.52. The molecule has 0 atom stereocenters. The number of carbonyl (C=O) groups excluding carboxylic acids is 1. The molecule has 4 heterocycles. The molecule has 5 rings (SSSR count). The van der Waals surface area contributed by atoms with Crippen LogP contribution in [-0.4, -0.2) is 44.1 Å². The molecule has 174 valence electrons. The molecule has 0 saturated carbocycles. The number of rotatable bonds is 5. The quantitative estimate of drug-likeness (QED) is 0.389. The third kappa shape index (κ3) is 4.40. The van der Waals surface area contributed by atoms with E-state index in [1.54, 1.807) is 21.6 Å². The van der Waals surface area contributed by atoms with Gasteiger partial charge in [0.25, 0.3) is 11.5 Å². The van der Waals surface area contributed by atoms with Crippen LogP contribution in [0.3, 0.4) is 0 Å². The second kappa shape index (κ2) is 9.72. The zero-order chi connectivity index (χ0) is 23.7. The Kier molecular flexibility index (Phi) is 6.52. The number of thioether (sulfide) groups is 1. The second-order valence-corrected chi connectivity index (χ2v) is 10.3. The maximum Gasteiger partial charge on any atom is 0.267 e. The normalized spacial score (nSPS) is 17.9. The van der Waals surface area contributed by atoms with Crippen LogP contribution in [0, 0.1) is 6.92 Å². The lowest BCUT2D eigenvalue weighted by atomic mass is 10.1. The molecule has 0 spiro atoms. The van der Waals surface area contributed by atoms with Gasteiger partial charge in [0.05, 0.1) is 10.5 Å². The van der Waals surface area contributed by atoms with E-state index in [1.807, 2.05) is 49.4 Å². The van der Waals surface area contributed by atoms with E-state index < -0.39 is 0 Å². The number of benzene rings is 1. The number of carbonyl (C=O) groups is 1. The minimum Gasteiger partial charge on any atom is -0.356 e. The van der Waals surface area contributed by atoms with Crippen LogP contribution in [-0.2, 0) is 11.2 Å². The summed E-state index contributed by atoms with van der Waals surface area (Å²) in [7, 11) is 0. The molecule has 6 nitrogen and oxygen atoms in total. The van der Waals surface area contributed by atoms with E-state index in [0.29, 0.717) is 32.8 Å². The summed E-state index contributed by atoms with van der Waals surface area (Å²) in [5, 5.41) is 0. The van der Waals surface area contributed by atoms with Crippen molar-refractivity contribution in [2.75, 3.05) is 24.5 Å². The largest absolute Gasteiger partial charge is 0.356 e. The third-order valence-corrected chi connectivity index (χ3v) is 7.71. The first-order valence-electron chi connectivity index (χ1n) is 11.6. The van der Waals surface area contributed by atoms with Crippen molar-refractivity contribution in [3.63, 3.8) is 0 Å². The number of hydrogen-bond acceptors (Lipinski definition) is 6. The van der Waals surface area contributed by atoms with Crippen molar-refractivity contribution >= 4 is 51.7 Å². The summed E-state index contributed by atoms with van der Waals surface area (Å²) in [5.41, 5.74) is 3.04. The van der Waals surface area contributed by atoms with Crippen molar-refractivity contribution in [2.45, 2.75) is 32.6 Å². The van der Waals surface area contributed by atoms with E-state index in [4.69, 9.17) is 17.2 Å². The first-order chi connectivity index (χ1) is 16.5. The van der Waals surface area contributed by atoms with Crippen LogP contribution in [0.2, 0.25) is 0 Å². The predicted octanol–water partition coefficient (Wildman–Crippen LogP) is 4.44. The average Bonchev–Trinajstić information content (AvgIpc) is 3.13. The highest BCUT2D eigenvalue weighted by Crippen LogP contribution is 2.34. The standard InChI is InChI=1S/C26H26N4O2S2/c1-18-9-8-15-29-22(18)27-23(28-13-6-3-7-14-28)20(24(29)31)17-21-25(32)30(26(33)34-21)16-12-19-10-4-2-5-11-19/h2,4-5,8-11,15,17H,3,6-7,12-14,16H2,1H3. The summed E-state index contributed by atoms with van der Waals surface area (Å²) in [4.78, 5) is 36.1. The molecule has 0 N–H and O–H groups in total. The lowest BCUT2D eigenvalue weighted by Gasteiger charge is -2.29. The molecule has 34 heavy (non-hydrogen) atoms. The number of hydrogen-bond donors (Lipinski definition) is 0. The Bertz CT molecular complexity index is 1340. The molecule has 2 aromatic heterocycles. The highest BCUT2D eigenvalue weighted by atomic mass is 32.2. The molecule has 0 unspecified atom stereocenters. The number of nitrogens with zero attached hydrogens (tertiary/aromatic N) is 4. The van der Waals surface area contributed by atoms with Gasteiger partial charge in [0, 0.05) is 25.8 Å². The predicted molar refractivity (Wildman–Crippen MR) is 142 cm³/mol. The summed E-state index contributed by atoms with van der Waals surface area (Å²) in [6, 6.07) is 13.8. The monoisotopic (exact) mass is 490 g/mol. The fraction of sp³-hybridized carbons (Fsp3) is 0.308. The van der Waals surface area contributed by atoms with E-state index in [9.17, 15) is 9.59 Å². The number of piperidine rings is 1. The summed E-state index contributed by atoms with van der Waals surface area (Å²) in [6.45, 7) is 4.18. The molecule has 2 saturated heterocycles. The van der Waals surface area contributed by atoms with Crippen LogP contribution in [0.1, 0.15) is 36.0 Å². The van der Waals surface area contributed by atoms with Crippen molar-refractivity contribution in [3.05, 3.63) is 80.6 Å². The molecule has 8 heteroatoms. The van der Waals surface area contributed by atoms with E-state index in [-0.39, 0.29) is 11.5 Å². The van der Waals surface area contributed by atoms with Gasteiger partial charge in [-0.05, 0) is 55.9 Å². The molecular formula is C26H26N4O2S2. The molecule has 2 aliphatic rings. The highest BCUT2D eigenvalue weighted by Gasteiger charge is 2.32. The third-order valence-electron chi connectivity index (χ3n) is 6.34.